The number of carbonyl (C=O) groups is 3. The highest BCUT2D eigenvalue weighted by Crippen LogP contribution is 2.29. The van der Waals surface area contributed by atoms with Crippen molar-refractivity contribution >= 4 is 34.8 Å². The van der Waals surface area contributed by atoms with E-state index in [0.29, 0.717) is 12.0 Å². The third kappa shape index (κ3) is 6.95. The molecule has 2 aromatic carbocycles. The first-order valence-corrected chi connectivity index (χ1v) is 14.5. The van der Waals surface area contributed by atoms with Crippen LogP contribution in [0.4, 0.5) is 10.6 Å². The lowest BCUT2D eigenvalue weighted by Gasteiger charge is -2.32. The van der Waals surface area contributed by atoms with Gasteiger partial charge in [-0.3, -0.25) is 14.5 Å². The van der Waals surface area contributed by atoms with Gasteiger partial charge in [-0.2, -0.15) is 4.68 Å². The molecule has 3 heterocycles. The normalized spacial score (nSPS) is 14.5. The number of hydrogen-bond acceptors (Lipinski definition) is 8. The Morgan fingerprint density at radius 2 is 1.67 bits per heavy atom. The first-order valence-electron chi connectivity index (χ1n) is 14.5. The fraction of sp³-hybridized carbons (Fsp3) is 0.375. The molecule has 0 spiro atoms. The highest BCUT2D eigenvalue weighted by atomic mass is 16.6. The van der Waals surface area contributed by atoms with Crippen LogP contribution in [0.3, 0.4) is 0 Å². The maximum Gasteiger partial charge on any atom is 0.435 e. The fourth-order valence-corrected chi connectivity index (χ4v) is 4.97. The number of nitrogens with zero attached hydrogens (tertiary/aromatic N) is 4. The predicted molar refractivity (Wildman–Crippen MR) is 163 cm³/mol. The van der Waals surface area contributed by atoms with E-state index in [9.17, 15) is 14.4 Å². The molecule has 226 valence electrons. The molecular formula is C32H38N6O5. The lowest BCUT2D eigenvalue weighted by Crippen LogP contribution is -2.43. The van der Waals surface area contributed by atoms with Gasteiger partial charge in [0.1, 0.15) is 5.52 Å². The van der Waals surface area contributed by atoms with Crippen molar-refractivity contribution < 1.29 is 23.5 Å². The van der Waals surface area contributed by atoms with Crippen molar-refractivity contribution in [2.24, 2.45) is 0 Å². The Labute approximate surface area is 250 Å². The molecular weight excluding hydrogens is 548 g/mol. The summed E-state index contributed by atoms with van der Waals surface area (Å²) in [6.45, 7) is 10.7. The van der Waals surface area contributed by atoms with E-state index in [1.54, 1.807) is 12.1 Å². The summed E-state index contributed by atoms with van der Waals surface area (Å²) >= 11 is 0. The minimum Gasteiger partial charge on any atom is -0.448 e. The second-order valence-electron chi connectivity index (χ2n) is 11.4. The van der Waals surface area contributed by atoms with E-state index in [2.05, 4.69) is 32.6 Å². The number of fused-ring (bicyclic) bond motifs is 1. The standard InChI is InChI=1S/C32H38N6O5/c1-5-19-42-31(41)38-25-20-26(30(40)34-32(2,3)24-9-7-6-8-10-24)43-27(25)28(35-38)33-29(39)23-13-11-22(12-14-23)21-37-17-15-36(4)16-18-37/h6-14,20H,5,15-19,21H2,1-4H3,(H,34,40)(H,33,35,39). The SMILES string of the molecule is CCCOC(=O)n1nc(NC(=O)c2ccc(CN3CCN(C)CC3)cc2)c2oc(C(=O)NC(C)(C)c3ccccc3)cc21. The van der Waals surface area contributed by atoms with Crippen molar-refractivity contribution in [3.63, 3.8) is 0 Å². The quantitative estimate of drug-likeness (QED) is 0.290. The van der Waals surface area contributed by atoms with Crippen molar-refractivity contribution in [1.29, 1.82) is 0 Å². The van der Waals surface area contributed by atoms with Gasteiger partial charge in [0.25, 0.3) is 11.8 Å². The first kappa shape index (κ1) is 30.0. The minimum absolute atomic E-state index is 0.0105. The lowest BCUT2D eigenvalue weighted by molar-refractivity contribution is 0.0885. The van der Waals surface area contributed by atoms with Crippen LogP contribution in [0.25, 0.3) is 11.1 Å². The Balaban J connectivity index is 1.36. The Kier molecular flexibility index (Phi) is 8.93. The molecule has 1 saturated heterocycles. The smallest absolute Gasteiger partial charge is 0.435 e. The average molecular weight is 587 g/mol. The van der Waals surface area contributed by atoms with Crippen LogP contribution in [0.2, 0.25) is 0 Å². The zero-order chi connectivity index (χ0) is 30.6. The number of furan rings is 1. The molecule has 1 fully saturated rings. The van der Waals surface area contributed by atoms with Crippen molar-refractivity contribution in [2.45, 2.75) is 39.3 Å². The molecule has 0 bridgehead atoms. The van der Waals surface area contributed by atoms with Crippen LogP contribution in [0.5, 0.6) is 0 Å². The van der Waals surface area contributed by atoms with Crippen molar-refractivity contribution in [2.75, 3.05) is 45.2 Å². The number of benzene rings is 2. The van der Waals surface area contributed by atoms with Gasteiger partial charge in [0.05, 0.1) is 12.1 Å². The zero-order valence-electron chi connectivity index (χ0n) is 25.1. The summed E-state index contributed by atoms with van der Waals surface area (Å²) in [5.74, 6) is -0.924. The third-order valence-electron chi connectivity index (χ3n) is 7.55. The molecule has 0 radical (unpaired) electrons. The topological polar surface area (TPSA) is 122 Å². The average Bonchev–Trinajstić information content (AvgIpc) is 3.58. The summed E-state index contributed by atoms with van der Waals surface area (Å²) in [4.78, 5) is 44.0. The number of amides is 2. The van der Waals surface area contributed by atoms with Crippen molar-refractivity contribution in [1.82, 2.24) is 24.9 Å². The largest absolute Gasteiger partial charge is 0.448 e. The maximum absolute atomic E-state index is 13.3. The van der Waals surface area contributed by atoms with E-state index >= 15 is 0 Å². The third-order valence-corrected chi connectivity index (χ3v) is 7.55. The molecule has 2 N–H and O–H groups in total. The highest BCUT2D eigenvalue weighted by Gasteiger charge is 2.28. The van der Waals surface area contributed by atoms with Gasteiger partial charge in [-0.25, -0.2) is 4.79 Å². The van der Waals surface area contributed by atoms with Crippen LogP contribution in [-0.2, 0) is 16.8 Å². The van der Waals surface area contributed by atoms with Gasteiger partial charge in [0, 0.05) is 44.4 Å². The minimum atomic E-state index is -0.738. The van der Waals surface area contributed by atoms with Gasteiger partial charge < -0.3 is 24.7 Å². The van der Waals surface area contributed by atoms with E-state index < -0.39 is 23.4 Å². The van der Waals surface area contributed by atoms with Gasteiger partial charge in [-0.05, 0) is 50.6 Å². The summed E-state index contributed by atoms with van der Waals surface area (Å²) in [7, 11) is 2.13. The van der Waals surface area contributed by atoms with E-state index in [1.165, 1.54) is 6.07 Å². The molecule has 2 amide bonds. The Bertz CT molecular complexity index is 1580. The molecule has 43 heavy (non-hydrogen) atoms. The molecule has 11 nitrogen and oxygen atoms in total. The summed E-state index contributed by atoms with van der Waals surface area (Å²) in [5.41, 5.74) is 2.06. The van der Waals surface area contributed by atoms with E-state index in [4.69, 9.17) is 9.15 Å². The van der Waals surface area contributed by atoms with Crippen LogP contribution in [-0.4, -0.2) is 77.3 Å². The van der Waals surface area contributed by atoms with Crippen LogP contribution < -0.4 is 10.6 Å². The number of hydrogen-bond donors (Lipinski definition) is 2. The molecule has 11 heteroatoms. The van der Waals surface area contributed by atoms with Crippen molar-refractivity contribution in [3.8, 4) is 0 Å². The molecule has 0 aliphatic carbocycles. The van der Waals surface area contributed by atoms with Gasteiger partial charge in [0.2, 0.25) is 0 Å². The predicted octanol–water partition coefficient (Wildman–Crippen LogP) is 4.69. The van der Waals surface area contributed by atoms with Crippen LogP contribution in [0.1, 0.15) is 59.2 Å². The van der Waals surface area contributed by atoms with Crippen LogP contribution in [0.15, 0.2) is 65.1 Å². The molecule has 4 aromatic rings. The second-order valence-corrected chi connectivity index (χ2v) is 11.4. The first-order chi connectivity index (χ1) is 20.6. The molecule has 0 unspecified atom stereocenters. The maximum atomic E-state index is 13.3. The van der Waals surface area contributed by atoms with E-state index in [0.717, 1.165) is 48.5 Å². The second kappa shape index (κ2) is 12.8. The summed E-state index contributed by atoms with van der Waals surface area (Å²) < 4.78 is 12.2. The van der Waals surface area contributed by atoms with Gasteiger partial charge in [-0.1, -0.05) is 49.4 Å². The number of piperazine rings is 1. The molecule has 5 rings (SSSR count). The monoisotopic (exact) mass is 586 g/mol. The summed E-state index contributed by atoms with van der Waals surface area (Å²) in [5, 5.41) is 9.98. The Hall–Kier alpha value is -4.48. The van der Waals surface area contributed by atoms with Gasteiger partial charge in [-0.15, -0.1) is 5.10 Å². The van der Waals surface area contributed by atoms with E-state index in [-0.39, 0.29) is 29.3 Å². The van der Waals surface area contributed by atoms with Gasteiger partial charge >= 0.3 is 6.09 Å². The molecule has 0 atom stereocenters. The lowest BCUT2D eigenvalue weighted by atomic mass is 9.94. The molecule has 0 saturated carbocycles. The Morgan fingerprint density at radius 3 is 2.35 bits per heavy atom. The number of likely N-dealkylation sites (N-methyl/N-ethyl adjacent to an activating group) is 1. The summed E-state index contributed by atoms with van der Waals surface area (Å²) in [6, 6.07) is 18.4. The highest BCUT2D eigenvalue weighted by molar-refractivity contribution is 6.08. The number of aromatic nitrogens is 2. The number of ether oxygens (including phenoxy) is 1. The fourth-order valence-electron chi connectivity index (χ4n) is 4.97. The van der Waals surface area contributed by atoms with Gasteiger partial charge in [0.15, 0.2) is 17.2 Å². The number of carbonyl (C=O) groups excluding carboxylic acids is 3. The molecule has 1 aliphatic rings. The molecule has 2 aromatic heterocycles. The van der Waals surface area contributed by atoms with Crippen LogP contribution >= 0.6 is 0 Å². The summed E-state index contributed by atoms with van der Waals surface area (Å²) in [6.07, 6.45) is -0.115. The Morgan fingerprint density at radius 1 is 0.977 bits per heavy atom. The number of anilines is 1. The van der Waals surface area contributed by atoms with Crippen molar-refractivity contribution in [3.05, 3.63) is 83.1 Å². The van der Waals surface area contributed by atoms with Crippen LogP contribution in [0, 0.1) is 0 Å². The van der Waals surface area contributed by atoms with E-state index in [1.807, 2.05) is 63.2 Å². The number of rotatable bonds is 9. The zero-order valence-corrected chi connectivity index (χ0v) is 25.1. The molecule has 1 aliphatic heterocycles. The number of nitrogens with one attached hydrogen (secondary N) is 2.